The van der Waals surface area contributed by atoms with Crippen LogP contribution >= 0.6 is 0 Å². The highest BCUT2D eigenvalue weighted by atomic mass is 16.6. The van der Waals surface area contributed by atoms with Gasteiger partial charge in [0.15, 0.2) is 5.70 Å². The molecule has 1 aliphatic heterocycles. The number of nitrogens with zero attached hydrogens (tertiary/aromatic N) is 1. The number of hydrogen-bond acceptors (Lipinski definition) is 4. The molecule has 0 radical (unpaired) electrons. The molecule has 0 spiro atoms. The SMILES string of the molecule is COc1ccc(C(C)C)cc1/C=C1\N=C(C2CCCCC2)OC1=O. The van der Waals surface area contributed by atoms with Gasteiger partial charge in [-0.25, -0.2) is 9.79 Å². The number of rotatable bonds is 4. The Morgan fingerprint density at radius 3 is 2.67 bits per heavy atom. The highest BCUT2D eigenvalue weighted by Crippen LogP contribution is 2.31. The zero-order valence-corrected chi connectivity index (χ0v) is 14.7. The molecule has 0 saturated heterocycles. The van der Waals surface area contributed by atoms with Crippen LogP contribution in [0.4, 0.5) is 0 Å². The summed E-state index contributed by atoms with van der Waals surface area (Å²) in [5.41, 5.74) is 2.43. The van der Waals surface area contributed by atoms with Crippen LogP contribution in [0.2, 0.25) is 0 Å². The van der Waals surface area contributed by atoms with E-state index in [2.05, 4.69) is 31.0 Å². The molecule has 0 aromatic heterocycles. The van der Waals surface area contributed by atoms with Gasteiger partial charge in [-0.3, -0.25) is 0 Å². The first kappa shape index (κ1) is 16.7. The van der Waals surface area contributed by atoms with Gasteiger partial charge in [0.25, 0.3) is 0 Å². The fourth-order valence-corrected chi connectivity index (χ4v) is 3.32. The van der Waals surface area contributed by atoms with Crippen LogP contribution in [0.25, 0.3) is 6.08 Å². The summed E-state index contributed by atoms with van der Waals surface area (Å²) in [5.74, 6) is 1.68. The van der Waals surface area contributed by atoms with Crippen LogP contribution in [0.5, 0.6) is 5.75 Å². The molecule has 0 N–H and O–H groups in total. The molecule has 24 heavy (non-hydrogen) atoms. The van der Waals surface area contributed by atoms with E-state index in [0.717, 1.165) is 24.2 Å². The monoisotopic (exact) mass is 327 g/mol. The Labute approximate surface area is 143 Å². The van der Waals surface area contributed by atoms with Crippen LogP contribution in [0.3, 0.4) is 0 Å². The van der Waals surface area contributed by atoms with Gasteiger partial charge in [0.2, 0.25) is 5.90 Å². The largest absolute Gasteiger partial charge is 0.496 e. The zero-order valence-electron chi connectivity index (χ0n) is 14.7. The average Bonchev–Trinajstić information content (AvgIpc) is 2.96. The molecule has 4 heteroatoms. The molecule has 1 heterocycles. The number of hydrogen-bond donors (Lipinski definition) is 0. The van der Waals surface area contributed by atoms with Crippen molar-refractivity contribution in [1.82, 2.24) is 0 Å². The minimum absolute atomic E-state index is 0.289. The summed E-state index contributed by atoms with van der Waals surface area (Å²) < 4.78 is 10.9. The molecule has 2 aliphatic rings. The second kappa shape index (κ2) is 7.20. The first-order valence-corrected chi connectivity index (χ1v) is 8.79. The molecule has 1 aromatic carbocycles. The topological polar surface area (TPSA) is 47.9 Å². The Morgan fingerprint density at radius 1 is 1.25 bits per heavy atom. The lowest BCUT2D eigenvalue weighted by Gasteiger charge is -2.19. The fraction of sp³-hybridized carbons (Fsp3) is 0.500. The van der Waals surface area contributed by atoms with Crippen molar-refractivity contribution in [3.63, 3.8) is 0 Å². The summed E-state index contributed by atoms with van der Waals surface area (Å²) in [5, 5.41) is 0. The minimum Gasteiger partial charge on any atom is -0.496 e. The first-order valence-electron chi connectivity index (χ1n) is 8.79. The van der Waals surface area contributed by atoms with Crippen molar-refractivity contribution in [3.05, 3.63) is 35.0 Å². The predicted octanol–water partition coefficient (Wildman–Crippen LogP) is 4.70. The normalized spacial score (nSPS) is 20.4. The minimum atomic E-state index is -0.354. The number of esters is 1. The van der Waals surface area contributed by atoms with Crippen molar-refractivity contribution in [1.29, 1.82) is 0 Å². The van der Waals surface area contributed by atoms with E-state index in [4.69, 9.17) is 9.47 Å². The maximum Gasteiger partial charge on any atom is 0.363 e. The molecule has 128 valence electrons. The fourth-order valence-electron chi connectivity index (χ4n) is 3.32. The molecule has 0 atom stereocenters. The Balaban J connectivity index is 1.91. The summed E-state index contributed by atoms with van der Waals surface area (Å²) in [7, 11) is 1.64. The Bertz CT molecular complexity index is 682. The molecule has 1 aliphatic carbocycles. The summed E-state index contributed by atoms with van der Waals surface area (Å²) in [6, 6.07) is 6.04. The van der Waals surface area contributed by atoms with Gasteiger partial charge < -0.3 is 9.47 Å². The van der Waals surface area contributed by atoms with Crippen LogP contribution in [-0.2, 0) is 9.53 Å². The molecule has 1 aromatic rings. The molecular formula is C20H25NO3. The van der Waals surface area contributed by atoms with Crippen LogP contribution in [0.15, 0.2) is 28.9 Å². The maximum atomic E-state index is 12.2. The maximum absolute atomic E-state index is 12.2. The van der Waals surface area contributed by atoms with Crippen molar-refractivity contribution in [2.75, 3.05) is 7.11 Å². The third kappa shape index (κ3) is 3.53. The van der Waals surface area contributed by atoms with Crippen molar-refractivity contribution < 1.29 is 14.3 Å². The Morgan fingerprint density at radius 2 is 2.00 bits per heavy atom. The second-order valence-electron chi connectivity index (χ2n) is 6.86. The zero-order chi connectivity index (χ0) is 17.1. The van der Waals surface area contributed by atoms with Crippen LogP contribution in [0, 0.1) is 5.92 Å². The molecule has 3 rings (SSSR count). The highest BCUT2D eigenvalue weighted by molar-refractivity contribution is 6.08. The van der Waals surface area contributed by atoms with E-state index >= 15 is 0 Å². The smallest absolute Gasteiger partial charge is 0.363 e. The number of benzene rings is 1. The van der Waals surface area contributed by atoms with E-state index in [9.17, 15) is 4.79 Å². The van der Waals surface area contributed by atoms with Crippen molar-refractivity contribution in [2.24, 2.45) is 10.9 Å². The van der Waals surface area contributed by atoms with Crippen molar-refractivity contribution in [3.8, 4) is 5.75 Å². The van der Waals surface area contributed by atoms with Gasteiger partial charge in [0.1, 0.15) is 5.75 Å². The molecular weight excluding hydrogens is 302 g/mol. The van der Waals surface area contributed by atoms with E-state index in [1.165, 1.54) is 24.8 Å². The number of methoxy groups -OCH3 is 1. The molecule has 1 fully saturated rings. The van der Waals surface area contributed by atoms with Gasteiger partial charge in [-0.05, 0) is 42.5 Å². The third-order valence-corrected chi connectivity index (χ3v) is 4.80. The molecule has 0 amide bonds. The highest BCUT2D eigenvalue weighted by Gasteiger charge is 2.30. The van der Waals surface area contributed by atoms with Gasteiger partial charge in [-0.15, -0.1) is 0 Å². The van der Waals surface area contributed by atoms with Gasteiger partial charge in [0, 0.05) is 11.5 Å². The standard InChI is InChI=1S/C20H25NO3/c1-13(2)15-9-10-18(23-3)16(11-15)12-17-20(22)24-19(21-17)14-7-5-4-6-8-14/h9-14H,4-8H2,1-3H3/b17-12-. The molecule has 0 unspecified atom stereocenters. The predicted molar refractivity (Wildman–Crippen MR) is 95.2 cm³/mol. The molecule has 1 saturated carbocycles. The van der Waals surface area contributed by atoms with E-state index in [0.29, 0.717) is 17.5 Å². The van der Waals surface area contributed by atoms with E-state index in [1.807, 2.05) is 6.07 Å². The number of carbonyl (C=O) groups is 1. The quantitative estimate of drug-likeness (QED) is 0.595. The summed E-state index contributed by atoms with van der Waals surface area (Å²) in [6.45, 7) is 4.28. The summed E-state index contributed by atoms with van der Waals surface area (Å²) in [6.07, 6.45) is 7.54. The third-order valence-electron chi connectivity index (χ3n) is 4.80. The van der Waals surface area contributed by atoms with Gasteiger partial charge in [0.05, 0.1) is 7.11 Å². The van der Waals surface area contributed by atoms with E-state index in [-0.39, 0.29) is 11.9 Å². The van der Waals surface area contributed by atoms with Crippen molar-refractivity contribution in [2.45, 2.75) is 51.9 Å². The second-order valence-corrected chi connectivity index (χ2v) is 6.86. The first-order chi connectivity index (χ1) is 11.6. The summed E-state index contributed by atoms with van der Waals surface area (Å²) >= 11 is 0. The number of cyclic esters (lactones) is 1. The lowest BCUT2D eigenvalue weighted by Crippen LogP contribution is -2.19. The van der Waals surface area contributed by atoms with E-state index in [1.54, 1.807) is 13.2 Å². The van der Waals surface area contributed by atoms with Crippen LogP contribution in [0.1, 0.15) is 63.0 Å². The lowest BCUT2D eigenvalue weighted by molar-refractivity contribution is -0.130. The number of carbonyl (C=O) groups excluding carboxylic acids is 1. The average molecular weight is 327 g/mol. The van der Waals surface area contributed by atoms with E-state index < -0.39 is 0 Å². The number of ether oxygens (including phenoxy) is 2. The molecule has 4 nitrogen and oxygen atoms in total. The van der Waals surface area contributed by atoms with Crippen molar-refractivity contribution >= 4 is 17.9 Å². The summed E-state index contributed by atoms with van der Waals surface area (Å²) in [4.78, 5) is 16.7. The van der Waals surface area contributed by atoms with Crippen LogP contribution in [-0.4, -0.2) is 19.0 Å². The molecule has 0 bridgehead atoms. The van der Waals surface area contributed by atoms with Gasteiger partial charge >= 0.3 is 5.97 Å². The lowest BCUT2D eigenvalue weighted by atomic mass is 9.89. The Hall–Kier alpha value is -2.10. The Kier molecular flexibility index (Phi) is 5.03. The van der Waals surface area contributed by atoms with Crippen LogP contribution < -0.4 is 4.74 Å². The number of aliphatic imine (C=N–C) groups is 1. The van der Waals surface area contributed by atoms with Gasteiger partial charge in [-0.2, -0.15) is 0 Å². The van der Waals surface area contributed by atoms with Gasteiger partial charge in [-0.1, -0.05) is 39.2 Å².